The van der Waals surface area contributed by atoms with Gasteiger partial charge in [0, 0.05) is 22.2 Å². The maximum atomic E-state index is 12.2. The molecule has 0 saturated heterocycles. The quantitative estimate of drug-likeness (QED) is 0.677. The average Bonchev–Trinajstić information content (AvgIpc) is 2.42. The Morgan fingerprint density at radius 1 is 1.29 bits per heavy atom. The highest BCUT2D eigenvalue weighted by Gasteiger charge is 2.14. The molecule has 0 radical (unpaired) electrons. The number of anilines is 1. The maximum absolute atomic E-state index is 12.2. The topological polar surface area (TPSA) is 85.1 Å². The Morgan fingerprint density at radius 2 is 2.00 bits per heavy atom. The molecule has 7 heteroatoms. The zero-order chi connectivity index (χ0) is 15.6. The van der Waals surface area contributed by atoms with Crippen LogP contribution in [0, 0.1) is 24.0 Å². The Labute approximate surface area is 129 Å². The summed E-state index contributed by atoms with van der Waals surface area (Å²) in [6.45, 7) is 3.47. The van der Waals surface area contributed by atoms with Gasteiger partial charge in [0.2, 0.25) is 0 Å². The van der Waals surface area contributed by atoms with Crippen molar-refractivity contribution in [3.8, 4) is 0 Å². The Morgan fingerprint density at radius 3 is 2.57 bits per heavy atom. The minimum absolute atomic E-state index is 0.0401. The lowest BCUT2D eigenvalue weighted by molar-refractivity contribution is -0.384. The van der Waals surface area contributed by atoms with E-state index in [4.69, 9.17) is 0 Å². The summed E-state index contributed by atoms with van der Waals surface area (Å²) in [4.78, 5) is 26.6. The first-order valence-electron chi connectivity index (χ1n) is 6.08. The molecule has 108 valence electrons. The predicted octanol–water partition coefficient (Wildman–Crippen LogP) is 3.62. The van der Waals surface area contributed by atoms with Gasteiger partial charge in [-0.15, -0.1) is 0 Å². The molecule has 0 spiro atoms. The number of carbonyl (C=O) groups is 1. The van der Waals surface area contributed by atoms with Crippen LogP contribution < -0.4 is 5.32 Å². The van der Waals surface area contributed by atoms with Gasteiger partial charge in [0.15, 0.2) is 0 Å². The molecule has 1 heterocycles. The molecular weight excluding hydrogens is 338 g/mol. The van der Waals surface area contributed by atoms with Crippen LogP contribution in [-0.2, 0) is 0 Å². The number of nitrogens with zero attached hydrogens (tertiary/aromatic N) is 2. The number of pyridine rings is 1. The number of hydrogen-bond donors (Lipinski definition) is 1. The number of aryl methyl sites for hydroxylation is 2. The predicted molar refractivity (Wildman–Crippen MR) is 82.5 cm³/mol. The van der Waals surface area contributed by atoms with Gasteiger partial charge in [0.1, 0.15) is 5.82 Å². The number of carbonyl (C=O) groups excluding carboxylic acids is 1. The fourth-order valence-electron chi connectivity index (χ4n) is 1.81. The number of benzene rings is 1. The first-order valence-corrected chi connectivity index (χ1v) is 6.87. The first-order chi connectivity index (χ1) is 9.88. The third-order valence-corrected chi connectivity index (χ3v) is 3.77. The van der Waals surface area contributed by atoms with Crippen LogP contribution in [0.3, 0.4) is 0 Å². The van der Waals surface area contributed by atoms with Gasteiger partial charge in [0.25, 0.3) is 11.6 Å². The molecule has 0 aliphatic rings. The molecule has 0 atom stereocenters. The summed E-state index contributed by atoms with van der Waals surface area (Å²) in [5, 5.41) is 13.4. The molecule has 6 nitrogen and oxygen atoms in total. The van der Waals surface area contributed by atoms with E-state index in [0.29, 0.717) is 16.9 Å². The van der Waals surface area contributed by atoms with Crippen LogP contribution in [-0.4, -0.2) is 15.8 Å². The first kappa shape index (κ1) is 15.1. The van der Waals surface area contributed by atoms with Crippen LogP contribution in [0.2, 0.25) is 0 Å². The second-order valence-corrected chi connectivity index (χ2v) is 5.33. The minimum atomic E-state index is -0.492. The maximum Gasteiger partial charge on any atom is 0.269 e. The fourth-order valence-corrected chi connectivity index (χ4v) is 2.03. The van der Waals surface area contributed by atoms with E-state index in [1.165, 1.54) is 18.2 Å². The van der Waals surface area contributed by atoms with Gasteiger partial charge in [0.05, 0.1) is 10.6 Å². The SMILES string of the molecule is Cc1cc([N+](=O)[O-])ccc1C(=O)Nc1ccc(Br)c(C)n1. The normalized spacial score (nSPS) is 10.2. The van der Waals surface area contributed by atoms with E-state index in [2.05, 4.69) is 26.2 Å². The molecule has 1 aromatic carbocycles. The highest BCUT2D eigenvalue weighted by atomic mass is 79.9. The number of nitro groups is 1. The lowest BCUT2D eigenvalue weighted by Gasteiger charge is -2.08. The molecule has 0 saturated carbocycles. The van der Waals surface area contributed by atoms with Crippen LogP contribution in [0.5, 0.6) is 0 Å². The van der Waals surface area contributed by atoms with Crippen LogP contribution >= 0.6 is 15.9 Å². The van der Waals surface area contributed by atoms with Crippen LogP contribution in [0.4, 0.5) is 11.5 Å². The molecule has 0 bridgehead atoms. The Kier molecular flexibility index (Phi) is 4.32. The van der Waals surface area contributed by atoms with Crippen molar-refractivity contribution in [2.45, 2.75) is 13.8 Å². The van der Waals surface area contributed by atoms with Crippen molar-refractivity contribution in [3.63, 3.8) is 0 Å². The number of halogens is 1. The van der Waals surface area contributed by atoms with E-state index in [1.54, 1.807) is 19.1 Å². The summed E-state index contributed by atoms with van der Waals surface area (Å²) in [5.41, 5.74) is 1.63. The number of amides is 1. The van der Waals surface area contributed by atoms with Crippen molar-refractivity contribution >= 4 is 33.3 Å². The van der Waals surface area contributed by atoms with E-state index in [-0.39, 0.29) is 11.6 Å². The zero-order valence-corrected chi connectivity index (χ0v) is 13.0. The van der Waals surface area contributed by atoms with Crippen LogP contribution in [0.1, 0.15) is 21.6 Å². The summed E-state index contributed by atoms with van der Waals surface area (Å²) in [5.74, 6) is 0.0788. The van der Waals surface area contributed by atoms with Gasteiger partial charge in [-0.2, -0.15) is 0 Å². The van der Waals surface area contributed by atoms with Gasteiger partial charge in [-0.3, -0.25) is 14.9 Å². The second kappa shape index (κ2) is 6.01. The third kappa shape index (κ3) is 3.43. The third-order valence-electron chi connectivity index (χ3n) is 2.93. The Balaban J connectivity index is 2.24. The fraction of sp³-hybridized carbons (Fsp3) is 0.143. The molecule has 21 heavy (non-hydrogen) atoms. The van der Waals surface area contributed by atoms with E-state index in [9.17, 15) is 14.9 Å². The molecule has 1 aromatic heterocycles. The van der Waals surface area contributed by atoms with Crippen molar-refractivity contribution in [2.24, 2.45) is 0 Å². The smallest absolute Gasteiger partial charge is 0.269 e. The molecule has 0 aliphatic heterocycles. The lowest BCUT2D eigenvalue weighted by Crippen LogP contribution is -2.14. The van der Waals surface area contributed by atoms with E-state index in [0.717, 1.165) is 10.2 Å². The molecule has 1 amide bonds. The monoisotopic (exact) mass is 349 g/mol. The second-order valence-electron chi connectivity index (χ2n) is 4.47. The summed E-state index contributed by atoms with van der Waals surface area (Å²) >= 11 is 3.33. The Bertz CT molecular complexity index is 731. The molecular formula is C14H12BrN3O3. The summed E-state index contributed by atoms with van der Waals surface area (Å²) in [6, 6.07) is 7.59. The highest BCUT2D eigenvalue weighted by molar-refractivity contribution is 9.10. The Hall–Kier alpha value is -2.28. The number of nitro benzene ring substituents is 1. The minimum Gasteiger partial charge on any atom is -0.307 e. The van der Waals surface area contributed by atoms with Gasteiger partial charge in [-0.25, -0.2) is 4.98 Å². The molecule has 2 rings (SSSR count). The number of hydrogen-bond acceptors (Lipinski definition) is 4. The van der Waals surface area contributed by atoms with Crippen molar-refractivity contribution in [1.82, 2.24) is 4.98 Å². The summed E-state index contributed by atoms with van der Waals surface area (Å²) in [6.07, 6.45) is 0. The lowest BCUT2D eigenvalue weighted by atomic mass is 10.1. The van der Waals surface area contributed by atoms with Crippen molar-refractivity contribution in [3.05, 3.63) is 61.7 Å². The van der Waals surface area contributed by atoms with Gasteiger partial charge < -0.3 is 5.32 Å². The van der Waals surface area contributed by atoms with Gasteiger partial charge >= 0.3 is 0 Å². The molecule has 0 aliphatic carbocycles. The molecule has 2 aromatic rings. The molecule has 0 unspecified atom stereocenters. The molecule has 1 N–H and O–H groups in total. The van der Waals surface area contributed by atoms with Crippen LogP contribution in [0.15, 0.2) is 34.8 Å². The van der Waals surface area contributed by atoms with Gasteiger partial charge in [-0.05, 0) is 53.5 Å². The van der Waals surface area contributed by atoms with E-state index >= 15 is 0 Å². The van der Waals surface area contributed by atoms with Crippen molar-refractivity contribution in [2.75, 3.05) is 5.32 Å². The standard InChI is InChI=1S/C14H12BrN3O3/c1-8-7-10(18(20)21)3-4-11(8)14(19)17-13-6-5-12(15)9(2)16-13/h3-7H,1-2H3,(H,16,17,19). The number of rotatable bonds is 3. The van der Waals surface area contributed by atoms with Crippen LogP contribution in [0.25, 0.3) is 0 Å². The molecule has 0 fully saturated rings. The summed E-state index contributed by atoms with van der Waals surface area (Å²) in [7, 11) is 0. The average molecular weight is 350 g/mol. The number of nitrogens with one attached hydrogen (secondary N) is 1. The van der Waals surface area contributed by atoms with Gasteiger partial charge in [-0.1, -0.05) is 0 Å². The van der Waals surface area contributed by atoms with Crippen molar-refractivity contribution < 1.29 is 9.72 Å². The number of aromatic nitrogens is 1. The van der Waals surface area contributed by atoms with E-state index in [1.807, 2.05) is 6.92 Å². The van der Waals surface area contributed by atoms with E-state index < -0.39 is 4.92 Å². The largest absolute Gasteiger partial charge is 0.307 e. The highest BCUT2D eigenvalue weighted by Crippen LogP contribution is 2.20. The summed E-state index contributed by atoms with van der Waals surface area (Å²) < 4.78 is 0.854. The number of non-ortho nitro benzene ring substituents is 1. The zero-order valence-electron chi connectivity index (χ0n) is 11.4. The van der Waals surface area contributed by atoms with Crippen molar-refractivity contribution in [1.29, 1.82) is 0 Å².